The van der Waals surface area contributed by atoms with E-state index in [-0.39, 0.29) is 0 Å². The van der Waals surface area contributed by atoms with Crippen LogP contribution in [0.2, 0.25) is 5.15 Å². The molecule has 0 spiro atoms. The van der Waals surface area contributed by atoms with Gasteiger partial charge in [0.1, 0.15) is 10.9 Å². The minimum atomic E-state index is -2.98. The average molecular weight is 238 g/mol. The fourth-order valence-corrected chi connectivity index (χ4v) is 1.33. The van der Waals surface area contributed by atoms with E-state index < -0.39 is 40.8 Å². The van der Waals surface area contributed by atoms with E-state index in [4.69, 9.17) is 16.7 Å². The van der Waals surface area contributed by atoms with Crippen LogP contribution in [0.25, 0.3) is 0 Å². The Morgan fingerprint density at radius 3 is 2.67 bits per heavy atom. The van der Waals surface area contributed by atoms with Crippen molar-refractivity contribution in [1.29, 1.82) is 0 Å². The number of halogens is 3. The van der Waals surface area contributed by atoms with Gasteiger partial charge in [0, 0.05) is 5.56 Å². The lowest BCUT2D eigenvalue weighted by Crippen LogP contribution is -2.06. The molecule has 0 atom stereocenters. The summed E-state index contributed by atoms with van der Waals surface area (Å²) < 4.78 is 25.0. The van der Waals surface area contributed by atoms with E-state index in [1.54, 1.807) is 0 Å². The van der Waals surface area contributed by atoms with Crippen LogP contribution in [-0.2, 0) is 11.2 Å². The molecule has 0 aliphatic heterocycles. The highest BCUT2D eigenvalue weighted by Crippen LogP contribution is 2.33. The van der Waals surface area contributed by atoms with Crippen LogP contribution in [0.1, 0.15) is 17.6 Å². The van der Waals surface area contributed by atoms with Crippen molar-refractivity contribution >= 4 is 17.6 Å². The molecule has 4 nitrogen and oxygen atoms in total. The Morgan fingerprint density at radius 1 is 1.60 bits per heavy atom. The molecular weight excluding hydrogens is 232 g/mol. The fourth-order valence-electron chi connectivity index (χ4n) is 1.09. The molecule has 1 aromatic heterocycles. The molecule has 7 heteroatoms. The number of hydrogen-bond donors (Lipinski definition) is 2. The third kappa shape index (κ3) is 2.53. The highest BCUT2D eigenvalue weighted by atomic mass is 35.5. The molecule has 1 heterocycles. The molecule has 0 bridgehead atoms. The molecule has 0 fully saturated rings. The first-order valence-corrected chi connectivity index (χ1v) is 4.17. The maximum atomic E-state index is 12.5. The Kier molecular flexibility index (Phi) is 3.41. The van der Waals surface area contributed by atoms with Crippen LogP contribution in [0.3, 0.4) is 0 Å². The lowest BCUT2D eigenvalue weighted by Gasteiger charge is -2.09. The van der Waals surface area contributed by atoms with Crippen LogP contribution >= 0.6 is 11.6 Å². The molecule has 0 aromatic carbocycles. The normalized spacial score (nSPS) is 10.7. The lowest BCUT2D eigenvalue weighted by atomic mass is 10.1. The summed E-state index contributed by atoms with van der Waals surface area (Å²) in [4.78, 5) is 13.7. The summed E-state index contributed by atoms with van der Waals surface area (Å²) in [7, 11) is 0. The first kappa shape index (κ1) is 11.6. The second kappa shape index (κ2) is 4.39. The highest BCUT2D eigenvalue weighted by Gasteiger charge is 2.22. The van der Waals surface area contributed by atoms with Gasteiger partial charge in [-0.05, 0) is 0 Å². The number of aliphatic carboxylic acids is 1. The van der Waals surface area contributed by atoms with Crippen molar-refractivity contribution in [2.24, 2.45) is 0 Å². The van der Waals surface area contributed by atoms with Crippen molar-refractivity contribution in [3.8, 4) is 5.75 Å². The van der Waals surface area contributed by atoms with Crippen LogP contribution in [0.5, 0.6) is 5.75 Å². The number of aromatic nitrogens is 1. The van der Waals surface area contributed by atoms with Crippen LogP contribution in [-0.4, -0.2) is 21.2 Å². The zero-order valence-corrected chi connectivity index (χ0v) is 8.00. The summed E-state index contributed by atoms with van der Waals surface area (Å²) in [5, 5.41) is 17.2. The Balaban J connectivity index is 3.31. The minimum Gasteiger partial charge on any atom is -0.506 e. The molecule has 0 unspecified atom stereocenters. The van der Waals surface area contributed by atoms with Gasteiger partial charge in [-0.15, -0.1) is 0 Å². The first-order valence-electron chi connectivity index (χ1n) is 3.79. The van der Waals surface area contributed by atoms with Gasteiger partial charge >= 0.3 is 5.97 Å². The molecule has 0 radical (unpaired) electrons. The molecule has 82 valence electrons. The van der Waals surface area contributed by atoms with Gasteiger partial charge in [0.05, 0.1) is 18.2 Å². The number of carbonyl (C=O) groups is 1. The number of carboxylic acids is 1. The Bertz CT molecular complexity index is 398. The predicted molar refractivity (Wildman–Crippen MR) is 47.2 cm³/mol. The maximum Gasteiger partial charge on any atom is 0.307 e. The van der Waals surface area contributed by atoms with Gasteiger partial charge in [0.15, 0.2) is 0 Å². The van der Waals surface area contributed by atoms with Crippen molar-refractivity contribution < 1.29 is 23.8 Å². The maximum absolute atomic E-state index is 12.5. The van der Waals surface area contributed by atoms with Crippen molar-refractivity contribution in [3.05, 3.63) is 22.5 Å². The van der Waals surface area contributed by atoms with Gasteiger partial charge < -0.3 is 10.2 Å². The van der Waals surface area contributed by atoms with E-state index in [9.17, 15) is 18.7 Å². The largest absolute Gasteiger partial charge is 0.506 e. The highest BCUT2D eigenvalue weighted by molar-refractivity contribution is 6.30. The average Bonchev–Trinajstić information content (AvgIpc) is 2.10. The molecular formula is C8H6ClF2NO3. The van der Waals surface area contributed by atoms with Crippen molar-refractivity contribution in [3.63, 3.8) is 0 Å². The van der Waals surface area contributed by atoms with E-state index in [2.05, 4.69) is 4.98 Å². The summed E-state index contributed by atoms with van der Waals surface area (Å²) in [5.41, 5.74) is -1.14. The van der Waals surface area contributed by atoms with Crippen LogP contribution in [0, 0.1) is 0 Å². The summed E-state index contributed by atoms with van der Waals surface area (Å²) in [6.07, 6.45) is -2.87. The van der Waals surface area contributed by atoms with E-state index >= 15 is 0 Å². The van der Waals surface area contributed by atoms with Gasteiger partial charge in [-0.25, -0.2) is 13.8 Å². The van der Waals surface area contributed by atoms with Gasteiger partial charge in [-0.1, -0.05) is 11.6 Å². The fraction of sp³-hybridized carbons (Fsp3) is 0.250. The molecule has 15 heavy (non-hydrogen) atoms. The third-order valence-corrected chi connectivity index (χ3v) is 2.00. The summed E-state index contributed by atoms with van der Waals surface area (Å²) in [6, 6.07) is 0. The van der Waals surface area contributed by atoms with Crippen molar-refractivity contribution in [1.82, 2.24) is 4.98 Å². The van der Waals surface area contributed by atoms with E-state index in [0.717, 1.165) is 6.20 Å². The Hall–Kier alpha value is -1.43. The molecule has 2 N–H and O–H groups in total. The quantitative estimate of drug-likeness (QED) is 0.789. The standard InChI is InChI=1S/C8H6ClF2NO3/c9-7-6(8(10)11)3(1-5(14)15)4(13)2-12-7/h2,8,13H,1H2,(H,14,15). The minimum absolute atomic E-state index is 0.405. The van der Waals surface area contributed by atoms with Crippen LogP contribution < -0.4 is 0 Å². The van der Waals surface area contributed by atoms with Crippen LogP contribution in [0.15, 0.2) is 6.20 Å². The van der Waals surface area contributed by atoms with Crippen LogP contribution in [0.4, 0.5) is 8.78 Å². The van der Waals surface area contributed by atoms with Gasteiger partial charge in [0.2, 0.25) is 0 Å². The molecule has 1 aromatic rings. The third-order valence-electron chi connectivity index (χ3n) is 1.70. The molecule has 0 aliphatic rings. The van der Waals surface area contributed by atoms with E-state index in [1.807, 2.05) is 0 Å². The first-order chi connectivity index (χ1) is 6.93. The number of aromatic hydroxyl groups is 1. The van der Waals surface area contributed by atoms with Gasteiger partial charge in [-0.3, -0.25) is 4.79 Å². The van der Waals surface area contributed by atoms with Gasteiger partial charge in [0.25, 0.3) is 6.43 Å². The molecule has 0 amide bonds. The second-order valence-electron chi connectivity index (χ2n) is 2.70. The van der Waals surface area contributed by atoms with Crippen molar-refractivity contribution in [2.45, 2.75) is 12.8 Å². The summed E-state index contributed by atoms with van der Waals surface area (Å²) in [5.74, 6) is -1.94. The summed E-state index contributed by atoms with van der Waals surface area (Å²) >= 11 is 5.38. The zero-order valence-electron chi connectivity index (χ0n) is 7.25. The van der Waals surface area contributed by atoms with E-state index in [1.165, 1.54) is 0 Å². The number of pyridine rings is 1. The number of carboxylic acid groups (broad SMARTS) is 1. The number of alkyl halides is 2. The summed E-state index contributed by atoms with van der Waals surface area (Å²) in [6.45, 7) is 0. The smallest absolute Gasteiger partial charge is 0.307 e. The predicted octanol–water partition coefficient (Wildman–Crippen LogP) is 2.01. The SMILES string of the molecule is O=C(O)Cc1c(O)cnc(Cl)c1C(F)F. The zero-order chi connectivity index (χ0) is 11.6. The van der Waals surface area contributed by atoms with Crippen molar-refractivity contribution in [2.75, 3.05) is 0 Å². The molecule has 0 aliphatic carbocycles. The second-order valence-corrected chi connectivity index (χ2v) is 3.06. The number of hydrogen-bond acceptors (Lipinski definition) is 3. The molecule has 1 rings (SSSR count). The lowest BCUT2D eigenvalue weighted by molar-refractivity contribution is -0.136. The monoisotopic (exact) mass is 237 g/mol. The Labute approximate surface area is 88.1 Å². The number of rotatable bonds is 3. The van der Waals surface area contributed by atoms with Gasteiger partial charge in [-0.2, -0.15) is 0 Å². The van der Waals surface area contributed by atoms with E-state index in [0.29, 0.717) is 0 Å². The Morgan fingerprint density at radius 2 is 2.20 bits per heavy atom. The molecule has 0 saturated heterocycles. The molecule has 0 saturated carbocycles. The topological polar surface area (TPSA) is 70.4 Å². The number of nitrogens with zero attached hydrogens (tertiary/aromatic N) is 1.